The molecule has 4 heteroatoms. The number of hydrogen-bond acceptors (Lipinski definition) is 3. The van der Waals surface area contributed by atoms with Crippen molar-refractivity contribution in [3.05, 3.63) is 0 Å². The van der Waals surface area contributed by atoms with Crippen LogP contribution in [-0.4, -0.2) is 23.1 Å². The Hall–Kier alpha value is -1.06. The normalized spacial score (nSPS) is 12.1. The molecule has 0 aliphatic carbocycles. The van der Waals surface area contributed by atoms with Gasteiger partial charge in [-0.05, 0) is 38.5 Å². The van der Waals surface area contributed by atoms with Crippen molar-refractivity contribution in [1.29, 1.82) is 0 Å². The van der Waals surface area contributed by atoms with Crippen molar-refractivity contribution in [3.63, 3.8) is 0 Å². The van der Waals surface area contributed by atoms with Crippen LogP contribution >= 0.6 is 0 Å². The minimum atomic E-state index is -0.799. The Balaban J connectivity index is 4.03. The third-order valence-corrected chi connectivity index (χ3v) is 5.08. The summed E-state index contributed by atoms with van der Waals surface area (Å²) in [4.78, 5) is 22.6. The number of carbonyl (C=O) groups excluding carboxylic acids is 1. The number of carboxylic acid groups (broad SMARTS) is 1. The smallest absolute Gasteiger partial charge is 0.306 e. The number of rotatable bonds is 20. The predicted molar refractivity (Wildman–Crippen MR) is 112 cm³/mol. The molecular formula is C23H44O4. The monoisotopic (exact) mass is 384 g/mol. The van der Waals surface area contributed by atoms with Crippen LogP contribution < -0.4 is 0 Å². The predicted octanol–water partition coefficient (Wildman–Crippen LogP) is 7.04. The van der Waals surface area contributed by atoms with Crippen LogP contribution in [0.5, 0.6) is 0 Å². The van der Waals surface area contributed by atoms with Gasteiger partial charge in [0.2, 0.25) is 0 Å². The lowest BCUT2D eigenvalue weighted by Crippen LogP contribution is -2.18. The molecule has 0 saturated carbocycles. The molecule has 0 amide bonds. The maximum atomic E-state index is 12.1. The number of carbonyl (C=O) groups is 2. The van der Waals surface area contributed by atoms with Crippen LogP contribution in [0, 0.1) is 0 Å². The van der Waals surface area contributed by atoms with Crippen LogP contribution in [0.2, 0.25) is 0 Å². The van der Waals surface area contributed by atoms with Gasteiger partial charge in [-0.25, -0.2) is 0 Å². The molecule has 0 aliphatic rings. The van der Waals surface area contributed by atoms with Gasteiger partial charge in [0.05, 0.1) is 0 Å². The van der Waals surface area contributed by atoms with Crippen molar-refractivity contribution >= 4 is 11.9 Å². The van der Waals surface area contributed by atoms with Crippen LogP contribution in [0.4, 0.5) is 0 Å². The highest BCUT2D eigenvalue weighted by Crippen LogP contribution is 2.18. The molecule has 1 unspecified atom stereocenters. The van der Waals surface area contributed by atoms with Crippen LogP contribution in [0.1, 0.15) is 129 Å². The number of unbranched alkanes of at least 4 members (excludes halogenated alkanes) is 11. The highest BCUT2D eigenvalue weighted by Gasteiger charge is 2.14. The summed E-state index contributed by atoms with van der Waals surface area (Å²) in [6.07, 6.45) is 18.7. The second kappa shape index (κ2) is 19.7. The molecule has 0 heterocycles. The van der Waals surface area contributed by atoms with E-state index in [1.807, 2.05) is 0 Å². The zero-order valence-corrected chi connectivity index (χ0v) is 18.0. The largest absolute Gasteiger partial charge is 0.481 e. The zero-order chi connectivity index (χ0) is 20.2. The second-order valence-electron chi connectivity index (χ2n) is 7.83. The number of carboxylic acids is 1. The lowest BCUT2D eigenvalue weighted by molar-refractivity contribution is -0.150. The third-order valence-electron chi connectivity index (χ3n) is 5.08. The van der Waals surface area contributed by atoms with Gasteiger partial charge in [-0.15, -0.1) is 0 Å². The van der Waals surface area contributed by atoms with Crippen LogP contribution in [-0.2, 0) is 14.3 Å². The van der Waals surface area contributed by atoms with Crippen LogP contribution in [0.15, 0.2) is 0 Å². The lowest BCUT2D eigenvalue weighted by atomic mass is 10.0. The first kappa shape index (κ1) is 25.9. The third kappa shape index (κ3) is 19.5. The minimum absolute atomic E-state index is 0.0502. The fourth-order valence-electron chi connectivity index (χ4n) is 3.36. The molecule has 1 atom stereocenters. The maximum Gasteiger partial charge on any atom is 0.306 e. The highest BCUT2D eigenvalue weighted by atomic mass is 16.5. The van der Waals surface area contributed by atoms with Gasteiger partial charge in [0.25, 0.3) is 0 Å². The van der Waals surface area contributed by atoms with Crippen molar-refractivity contribution in [3.8, 4) is 0 Å². The van der Waals surface area contributed by atoms with Gasteiger partial charge in [-0.2, -0.15) is 0 Å². The van der Waals surface area contributed by atoms with E-state index in [1.54, 1.807) is 0 Å². The minimum Gasteiger partial charge on any atom is -0.481 e. The summed E-state index contributed by atoms with van der Waals surface area (Å²) >= 11 is 0. The molecule has 0 aliphatic heterocycles. The second-order valence-corrected chi connectivity index (χ2v) is 7.83. The van der Waals surface area contributed by atoms with Crippen molar-refractivity contribution < 1.29 is 19.4 Å². The standard InChI is InChI=1S/C23H44O4/c1-3-5-7-9-10-12-14-18-21(17-13-11-8-6-4-2)27-23(26)20-16-15-19-22(24)25/h21H,3-20H2,1-2H3,(H,24,25). The molecule has 27 heavy (non-hydrogen) atoms. The molecule has 160 valence electrons. The molecule has 4 nitrogen and oxygen atoms in total. The van der Waals surface area contributed by atoms with Gasteiger partial charge in [0.15, 0.2) is 0 Å². The van der Waals surface area contributed by atoms with Gasteiger partial charge < -0.3 is 9.84 Å². The Morgan fingerprint density at radius 3 is 1.59 bits per heavy atom. The molecule has 0 fully saturated rings. The number of aliphatic carboxylic acids is 1. The summed E-state index contributed by atoms with van der Waals surface area (Å²) < 4.78 is 5.72. The van der Waals surface area contributed by atoms with E-state index in [1.165, 1.54) is 64.2 Å². The SMILES string of the molecule is CCCCCCCCCC(CCCCCCC)OC(=O)CCCCC(=O)O. The number of hydrogen-bond donors (Lipinski definition) is 1. The van der Waals surface area contributed by atoms with E-state index < -0.39 is 5.97 Å². The first-order chi connectivity index (χ1) is 13.1. The van der Waals surface area contributed by atoms with Crippen molar-refractivity contribution in [1.82, 2.24) is 0 Å². The fourth-order valence-corrected chi connectivity index (χ4v) is 3.36. The average Bonchev–Trinajstić information content (AvgIpc) is 2.64. The molecule has 0 aromatic rings. The average molecular weight is 385 g/mol. The Labute approximate surface area is 167 Å². The Bertz CT molecular complexity index is 354. The molecule has 0 rings (SSSR count). The highest BCUT2D eigenvalue weighted by molar-refractivity contribution is 5.70. The van der Waals surface area contributed by atoms with E-state index in [4.69, 9.17) is 9.84 Å². The summed E-state index contributed by atoms with van der Waals surface area (Å²) in [5, 5.41) is 8.66. The fraction of sp³-hybridized carbons (Fsp3) is 0.913. The molecular weight excluding hydrogens is 340 g/mol. The lowest BCUT2D eigenvalue weighted by Gasteiger charge is -2.18. The van der Waals surface area contributed by atoms with Gasteiger partial charge >= 0.3 is 11.9 Å². The maximum absolute atomic E-state index is 12.1. The number of esters is 1. The van der Waals surface area contributed by atoms with E-state index in [0.717, 1.165) is 25.7 Å². The first-order valence-electron chi connectivity index (χ1n) is 11.5. The summed E-state index contributed by atoms with van der Waals surface area (Å²) in [5.74, 6) is -0.950. The Morgan fingerprint density at radius 2 is 1.11 bits per heavy atom. The summed E-state index contributed by atoms with van der Waals surface area (Å²) in [6, 6.07) is 0. The summed E-state index contributed by atoms with van der Waals surface area (Å²) in [7, 11) is 0. The van der Waals surface area contributed by atoms with Crippen molar-refractivity contribution in [2.45, 2.75) is 136 Å². The quantitative estimate of drug-likeness (QED) is 0.180. The molecule has 0 aromatic heterocycles. The zero-order valence-electron chi connectivity index (χ0n) is 18.0. The molecule has 0 aromatic carbocycles. The van der Waals surface area contributed by atoms with Crippen molar-refractivity contribution in [2.75, 3.05) is 0 Å². The Kier molecular flexibility index (Phi) is 18.9. The molecule has 0 spiro atoms. The van der Waals surface area contributed by atoms with E-state index in [0.29, 0.717) is 19.3 Å². The van der Waals surface area contributed by atoms with E-state index in [9.17, 15) is 9.59 Å². The van der Waals surface area contributed by atoms with Crippen molar-refractivity contribution in [2.24, 2.45) is 0 Å². The summed E-state index contributed by atoms with van der Waals surface area (Å²) in [6.45, 7) is 4.45. The number of ether oxygens (including phenoxy) is 1. The summed E-state index contributed by atoms with van der Waals surface area (Å²) in [5.41, 5.74) is 0. The van der Waals surface area contributed by atoms with Crippen LogP contribution in [0.25, 0.3) is 0 Å². The van der Waals surface area contributed by atoms with E-state index in [2.05, 4.69) is 13.8 Å². The van der Waals surface area contributed by atoms with E-state index >= 15 is 0 Å². The van der Waals surface area contributed by atoms with Gasteiger partial charge in [-0.3, -0.25) is 9.59 Å². The van der Waals surface area contributed by atoms with Gasteiger partial charge in [-0.1, -0.05) is 78.1 Å². The first-order valence-corrected chi connectivity index (χ1v) is 11.5. The van der Waals surface area contributed by atoms with Gasteiger partial charge in [0.1, 0.15) is 6.10 Å². The topological polar surface area (TPSA) is 63.6 Å². The molecule has 0 radical (unpaired) electrons. The molecule has 0 saturated heterocycles. The molecule has 0 bridgehead atoms. The van der Waals surface area contributed by atoms with Crippen LogP contribution in [0.3, 0.4) is 0 Å². The molecule has 1 N–H and O–H groups in total. The Morgan fingerprint density at radius 1 is 0.667 bits per heavy atom. The van der Waals surface area contributed by atoms with Gasteiger partial charge in [0, 0.05) is 12.8 Å². The van der Waals surface area contributed by atoms with E-state index in [-0.39, 0.29) is 18.5 Å².